The second-order valence-electron chi connectivity index (χ2n) is 8.05. The van der Waals surface area contributed by atoms with Crippen molar-refractivity contribution in [1.82, 2.24) is 10.6 Å². The molecule has 11 heteroatoms. The molecule has 32 heavy (non-hydrogen) atoms. The van der Waals surface area contributed by atoms with Gasteiger partial charge >= 0.3 is 17.9 Å². The molecule has 0 unspecified atom stereocenters. The number of quaternary nitrogens is 1. The third kappa shape index (κ3) is 5.65. The van der Waals surface area contributed by atoms with E-state index >= 15 is 0 Å². The number of benzene rings is 1. The number of carboxylic acids is 1. The average molecular weight is 487 g/mol. The van der Waals surface area contributed by atoms with Crippen molar-refractivity contribution in [3.05, 3.63) is 33.8 Å². The highest BCUT2D eigenvalue weighted by atomic mass is 35.5. The molecular weight excluding hydrogens is 461 g/mol. The summed E-state index contributed by atoms with van der Waals surface area (Å²) in [5.41, 5.74) is 0.0949. The van der Waals surface area contributed by atoms with Crippen LogP contribution in [0.3, 0.4) is 0 Å². The third-order valence-corrected chi connectivity index (χ3v) is 6.24. The lowest BCUT2D eigenvalue weighted by atomic mass is 10.0. The molecule has 0 aromatic heterocycles. The Labute approximate surface area is 195 Å². The number of hydrogen-bond acceptors (Lipinski definition) is 5. The molecule has 2 rings (SSSR count). The minimum atomic E-state index is -1.26. The number of nitrogens with zero attached hydrogens (tertiary/aromatic N) is 1. The number of aldehydes is 1. The van der Waals surface area contributed by atoms with Gasteiger partial charge in [-0.3, -0.25) is 14.9 Å². The second kappa shape index (κ2) is 10.9. The lowest BCUT2D eigenvalue weighted by molar-refractivity contribution is -0.761. The zero-order valence-corrected chi connectivity index (χ0v) is 19.3. The maximum Gasteiger partial charge on any atom is 0.424 e. The van der Waals surface area contributed by atoms with Crippen LogP contribution < -0.4 is 10.6 Å². The first-order valence-electron chi connectivity index (χ1n) is 10.2. The first kappa shape index (κ1) is 25.8. The molecule has 1 heterocycles. The summed E-state index contributed by atoms with van der Waals surface area (Å²) in [7, 11) is 0. The SMILES string of the molecule is CC(C)[C@H](NC(=O)c1cccc(Cl)c1Cl)C(=O)[N+]1(C(=O)N[C@H](C=O)CC(=O)O)CCCC1. The van der Waals surface area contributed by atoms with Crippen molar-refractivity contribution in [3.63, 3.8) is 0 Å². The molecule has 1 aromatic rings. The molecule has 4 amide bonds. The van der Waals surface area contributed by atoms with Gasteiger partial charge < -0.3 is 15.2 Å². The minimum absolute atomic E-state index is 0.0481. The molecule has 1 aliphatic heterocycles. The predicted octanol–water partition coefficient (Wildman–Crippen LogP) is 2.64. The summed E-state index contributed by atoms with van der Waals surface area (Å²) in [4.78, 5) is 61.7. The van der Waals surface area contributed by atoms with E-state index in [1.165, 1.54) is 12.1 Å². The summed E-state index contributed by atoms with van der Waals surface area (Å²) in [5, 5.41) is 14.2. The average Bonchev–Trinajstić information content (AvgIpc) is 3.23. The maximum absolute atomic E-state index is 13.6. The van der Waals surface area contributed by atoms with Crippen LogP contribution in [0.15, 0.2) is 18.2 Å². The fourth-order valence-electron chi connectivity index (χ4n) is 3.68. The van der Waals surface area contributed by atoms with Gasteiger partial charge in [-0.25, -0.2) is 9.59 Å². The van der Waals surface area contributed by atoms with E-state index in [2.05, 4.69) is 10.6 Å². The molecule has 0 bridgehead atoms. The van der Waals surface area contributed by atoms with Crippen LogP contribution in [0.5, 0.6) is 0 Å². The molecule has 1 saturated heterocycles. The van der Waals surface area contributed by atoms with Crippen molar-refractivity contribution in [2.75, 3.05) is 13.1 Å². The summed E-state index contributed by atoms with van der Waals surface area (Å²) in [6.07, 6.45) is 0.901. The van der Waals surface area contributed by atoms with Crippen molar-refractivity contribution in [3.8, 4) is 0 Å². The Kier molecular flexibility index (Phi) is 8.77. The zero-order valence-electron chi connectivity index (χ0n) is 17.8. The van der Waals surface area contributed by atoms with Crippen LogP contribution in [-0.2, 0) is 14.4 Å². The molecule has 3 N–H and O–H groups in total. The van der Waals surface area contributed by atoms with Crippen LogP contribution >= 0.6 is 23.2 Å². The van der Waals surface area contributed by atoms with Crippen LogP contribution in [0.4, 0.5) is 4.79 Å². The van der Waals surface area contributed by atoms with Crippen molar-refractivity contribution >= 4 is 53.3 Å². The highest BCUT2D eigenvalue weighted by Gasteiger charge is 2.51. The molecule has 0 saturated carbocycles. The number of carbonyl (C=O) groups excluding carboxylic acids is 4. The lowest BCUT2D eigenvalue weighted by Crippen LogP contribution is -2.66. The topological polar surface area (TPSA) is 130 Å². The van der Waals surface area contributed by atoms with Gasteiger partial charge in [0.1, 0.15) is 18.4 Å². The Hall–Kier alpha value is -2.49. The summed E-state index contributed by atoms with van der Waals surface area (Å²) in [6.45, 7) is 3.82. The van der Waals surface area contributed by atoms with Crippen LogP contribution in [0.2, 0.25) is 10.0 Å². The normalized spacial score (nSPS) is 16.8. The van der Waals surface area contributed by atoms with Gasteiger partial charge in [0.2, 0.25) is 0 Å². The van der Waals surface area contributed by atoms with Crippen LogP contribution in [0.1, 0.15) is 43.5 Å². The maximum atomic E-state index is 13.6. The highest BCUT2D eigenvalue weighted by molar-refractivity contribution is 6.43. The number of halogens is 2. The number of urea groups is 1. The van der Waals surface area contributed by atoms with Gasteiger partial charge in [-0.15, -0.1) is 0 Å². The Morgan fingerprint density at radius 3 is 2.28 bits per heavy atom. The van der Waals surface area contributed by atoms with E-state index in [0.717, 1.165) is 0 Å². The summed E-state index contributed by atoms with van der Waals surface area (Å²) < 4.78 is -0.629. The monoisotopic (exact) mass is 486 g/mol. The number of rotatable bonds is 8. The molecule has 0 aliphatic carbocycles. The van der Waals surface area contributed by atoms with Crippen molar-refractivity contribution in [1.29, 1.82) is 0 Å². The van der Waals surface area contributed by atoms with Gasteiger partial charge in [0, 0.05) is 12.8 Å². The highest BCUT2D eigenvalue weighted by Crippen LogP contribution is 2.27. The number of aliphatic carboxylic acids is 1. The number of carboxylic acid groups (broad SMARTS) is 1. The van der Waals surface area contributed by atoms with Gasteiger partial charge in [0.15, 0.2) is 0 Å². The standard InChI is InChI=1S/C21H25Cl2N3O6/c1-12(2)18(25-19(30)14-6-5-7-15(22)17(14)23)20(31)26(8-3-4-9-26)21(32)24-13(11-27)10-16(28)29/h5-7,11-13,18H,3-4,8-10H2,1-2H3,(H2-,24,25,28,29,30,32)/p+1/t13-,18-/m0/s1. The first-order valence-corrected chi connectivity index (χ1v) is 10.9. The van der Waals surface area contributed by atoms with E-state index in [1.54, 1.807) is 19.9 Å². The molecule has 174 valence electrons. The van der Waals surface area contributed by atoms with E-state index in [0.29, 0.717) is 19.1 Å². The number of hydrogen-bond donors (Lipinski definition) is 3. The Balaban J connectivity index is 2.31. The predicted molar refractivity (Wildman–Crippen MR) is 117 cm³/mol. The lowest BCUT2D eigenvalue weighted by Gasteiger charge is -2.33. The Morgan fingerprint density at radius 2 is 1.75 bits per heavy atom. The summed E-state index contributed by atoms with van der Waals surface area (Å²) in [6, 6.07) is 1.50. The van der Waals surface area contributed by atoms with Gasteiger partial charge in [-0.2, -0.15) is 4.48 Å². The van der Waals surface area contributed by atoms with Crippen LogP contribution in [0.25, 0.3) is 0 Å². The summed E-state index contributed by atoms with van der Waals surface area (Å²) in [5.74, 6) is -2.78. The van der Waals surface area contributed by atoms with E-state index in [1.807, 2.05) is 0 Å². The minimum Gasteiger partial charge on any atom is -0.481 e. The third-order valence-electron chi connectivity index (χ3n) is 5.42. The molecule has 1 fully saturated rings. The quantitative estimate of drug-likeness (QED) is 0.382. The van der Waals surface area contributed by atoms with Crippen LogP contribution in [-0.4, -0.2) is 64.9 Å². The van der Waals surface area contributed by atoms with Gasteiger partial charge in [-0.05, 0) is 18.1 Å². The molecular formula is C21H26Cl2N3O6+. The number of nitrogens with one attached hydrogen (secondary N) is 2. The van der Waals surface area contributed by atoms with Crippen molar-refractivity contribution in [2.24, 2.45) is 5.92 Å². The van der Waals surface area contributed by atoms with Crippen molar-refractivity contribution in [2.45, 2.75) is 45.2 Å². The molecule has 0 radical (unpaired) electrons. The molecule has 2 atom stereocenters. The summed E-state index contributed by atoms with van der Waals surface area (Å²) >= 11 is 12.1. The van der Waals surface area contributed by atoms with E-state index in [9.17, 15) is 24.0 Å². The number of imide groups is 1. The van der Waals surface area contributed by atoms with Gasteiger partial charge in [-0.1, -0.05) is 43.1 Å². The van der Waals surface area contributed by atoms with Gasteiger partial charge in [0.05, 0.1) is 35.1 Å². The Morgan fingerprint density at radius 1 is 1.12 bits per heavy atom. The molecule has 9 nitrogen and oxygen atoms in total. The van der Waals surface area contributed by atoms with Gasteiger partial charge in [0.25, 0.3) is 5.91 Å². The van der Waals surface area contributed by atoms with E-state index < -0.39 is 46.8 Å². The number of likely N-dealkylation sites (tertiary alicyclic amines) is 1. The fraction of sp³-hybridized carbons (Fsp3) is 0.476. The molecule has 1 aromatic carbocycles. The number of carbonyl (C=O) groups is 5. The second-order valence-corrected chi connectivity index (χ2v) is 8.83. The van der Waals surface area contributed by atoms with Crippen LogP contribution in [0, 0.1) is 5.92 Å². The van der Waals surface area contributed by atoms with E-state index in [-0.39, 0.29) is 34.6 Å². The van der Waals surface area contributed by atoms with Crippen molar-refractivity contribution < 1.29 is 33.6 Å². The molecule has 1 aliphatic rings. The fourth-order valence-corrected chi connectivity index (χ4v) is 4.07. The number of amides is 4. The smallest absolute Gasteiger partial charge is 0.424 e. The van der Waals surface area contributed by atoms with E-state index in [4.69, 9.17) is 28.3 Å². The first-order chi connectivity index (χ1) is 15.0. The Bertz CT molecular complexity index is 915. The molecule has 0 spiro atoms. The zero-order chi connectivity index (χ0) is 24.1. The largest absolute Gasteiger partial charge is 0.481 e.